The zero-order chi connectivity index (χ0) is 29.8. The molecule has 2 aromatic heterocycles. The quantitative estimate of drug-likeness (QED) is 0.256. The number of hydrogen-bond acceptors (Lipinski definition) is 13. The predicted octanol–water partition coefficient (Wildman–Crippen LogP) is 4.44. The molecule has 1 amide bonds. The molecule has 1 atom stereocenters. The highest BCUT2D eigenvalue weighted by atomic mass is 32.2. The maximum atomic E-state index is 13.3. The van der Waals surface area contributed by atoms with E-state index in [-0.39, 0.29) is 35.7 Å². The van der Waals surface area contributed by atoms with E-state index < -0.39 is 5.92 Å². The summed E-state index contributed by atoms with van der Waals surface area (Å²) in [5.74, 6) is -0.921. The minimum Gasteiger partial charge on any atom is -0.466 e. The molecule has 2 aliphatic rings. The Morgan fingerprint density at radius 1 is 1.29 bits per heavy atom. The smallest absolute Gasteiger partial charge is 0.311 e. The number of allylic oxidation sites excluding steroid dienone is 3. The summed E-state index contributed by atoms with van der Waals surface area (Å²) in [4.78, 5) is 43.5. The molecular weight excluding hydrogens is 595 g/mol. The minimum absolute atomic E-state index is 0.00172. The van der Waals surface area contributed by atoms with Crippen LogP contribution < -0.4 is 16.0 Å². The molecule has 0 radical (unpaired) electrons. The second kappa shape index (κ2) is 12.8. The molecule has 1 aliphatic carbocycles. The standard InChI is InChI=1S/C28H27N7O4S3/c1-3-39-22(38)11-16-13-40-26(31-16)32-21(37)14-41-28-34-33-27(42-28)35-19-9-6-10-20(36)24(19)23(18(12-29)25(35)30)17-8-5-4-7-15(17)2/h4-5,7-8,13,23H,3,6,9-11,14,30H2,1-2H3,(H,31,32,37). The molecule has 0 saturated carbocycles. The number of carbonyl (C=O) groups excluding carboxylic acids is 3. The van der Waals surface area contributed by atoms with Crippen LogP contribution in [-0.4, -0.2) is 45.2 Å². The molecule has 0 fully saturated rings. The summed E-state index contributed by atoms with van der Waals surface area (Å²) < 4.78 is 5.45. The molecule has 1 unspecified atom stereocenters. The van der Waals surface area contributed by atoms with Crippen LogP contribution in [-0.2, 0) is 25.5 Å². The number of thioether (sulfide) groups is 1. The van der Waals surface area contributed by atoms with Crippen molar-refractivity contribution in [2.75, 3.05) is 22.6 Å². The van der Waals surface area contributed by atoms with Crippen molar-refractivity contribution in [3.63, 3.8) is 0 Å². The molecule has 3 aromatic rings. The highest BCUT2D eigenvalue weighted by Gasteiger charge is 2.41. The van der Waals surface area contributed by atoms with Crippen molar-refractivity contribution in [3.05, 3.63) is 69.1 Å². The maximum Gasteiger partial charge on any atom is 0.311 e. The number of nitrogens with one attached hydrogen (secondary N) is 1. The van der Waals surface area contributed by atoms with Crippen molar-refractivity contribution in [2.24, 2.45) is 5.73 Å². The van der Waals surface area contributed by atoms with Crippen LogP contribution in [0.15, 0.2) is 56.6 Å². The molecule has 5 rings (SSSR count). The van der Waals surface area contributed by atoms with Gasteiger partial charge in [-0.25, -0.2) is 4.98 Å². The third-order valence-electron chi connectivity index (χ3n) is 6.76. The van der Waals surface area contributed by atoms with Crippen LogP contribution in [0.1, 0.15) is 48.9 Å². The second-order valence-electron chi connectivity index (χ2n) is 9.49. The zero-order valence-corrected chi connectivity index (χ0v) is 25.3. The molecule has 14 heteroatoms. The van der Waals surface area contributed by atoms with Gasteiger partial charge in [0.2, 0.25) is 11.0 Å². The maximum absolute atomic E-state index is 13.3. The molecule has 0 saturated heterocycles. The molecule has 3 heterocycles. The number of nitriles is 1. The van der Waals surface area contributed by atoms with Crippen molar-refractivity contribution in [3.8, 4) is 6.07 Å². The summed E-state index contributed by atoms with van der Waals surface area (Å²) in [6.45, 7) is 3.99. The molecule has 0 bridgehead atoms. The van der Waals surface area contributed by atoms with E-state index in [4.69, 9.17) is 10.5 Å². The molecule has 42 heavy (non-hydrogen) atoms. The number of aryl methyl sites for hydroxylation is 1. The van der Waals surface area contributed by atoms with Crippen LogP contribution in [0.2, 0.25) is 0 Å². The van der Waals surface area contributed by atoms with E-state index in [1.54, 1.807) is 17.2 Å². The number of esters is 1. The number of anilines is 2. The van der Waals surface area contributed by atoms with Crippen LogP contribution in [0.4, 0.5) is 10.3 Å². The van der Waals surface area contributed by atoms with E-state index in [9.17, 15) is 19.6 Å². The van der Waals surface area contributed by atoms with Gasteiger partial charge in [-0.1, -0.05) is 47.4 Å². The van der Waals surface area contributed by atoms with Crippen LogP contribution in [0.3, 0.4) is 0 Å². The Hall–Kier alpha value is -4.06. The molecule has 1 aromatic carbocycles. The first-order valence-electron chi connectivity index (χ1n) is 13.2. The SMILES string of the molecule is CCOC(=O)Cc1csc(NC(=O)CSc2nnc(N3C(N)=C(C#N)C(c4ccccc4C)C4=C3CCCC4=O)s2)n1. The third kappa shape index (κ3) is 6.08. The van der Waals surface area contributed by atoms with Crippen LogP contribution in [0.5, 0.6) is 0 Å². The second-order valence-corrected chi connectivity index (χ2v) is 12.5. The lowest BCUT2D eigenvalue weighted by atomic mass is 9.75. The molecule has 216 valence electrons. The number of ether oxygens (including phenoxy) is 1. The van der Waals surface area contributed by atoms with Gasteiger partial charge in [0.05, 0.1) is 42.0 Å². The van der Waals surface area contributed by atoms with Gasteiger partial charge in [-0.3, -0.25) is 19.3 Å². The zero-order valence-electron chi connectivity index (χ0n) is 22.9. The summed E-state index contributed by atoms with van der Waals surface area (Å²) in [7, 11) is 0. The Kier molecular flexibility index (Phi) is 9.00. The monoisotopic (exact) mass is 621 g/mol. The number of thiazole rings is 1. The van der Waals surface area contributed by atoms with Crippen molar-refractivity contribution in [2.45, 2.75) is 49.8 Å². The van der Waals surface area contributed by atoms with Crippen LogP contribution in [0, 0.1) is 18.3 Å². The lowest BCUT2D eigenvalue weighted by molar-refractivity contribution is -0.142. The number of nitrogens with zero attached hydrogens (tertiary/aromatic N) is 5. The number of amides is 1. The number of nitrogens with two attached hydrogens (primary N) is 1. The van der Waals surface area contributed by atoms with Gasteiger partial charge in [-0.05, 0) is 37.8 Å². The summed E-state index contributed by atoms with van der Waals surface area (Å²) in [6.07, 6.45) is 1.73. The van der Waals surface area contributed by atoms with E-state index in [2.05, 4.69) is 26.6 Å². The van der Waals surface area contributed by atoms with Crippen molar-refractivity contribution < 1.29 is 19.1 Å². The lowest BCUT2D eigenvalue weighted by Gasteiger charge is -2.38. The largest absolute Gasteiger partial charge is 0.466 e. The molecule has 1 aliphatic heterocycles. The first kappa shape index (κ1) is 29.4. The number of rotatable bonds is 9. The van der Waals surface area contributed by atoms with Gasteiger partial charge in [-0.15, -0.1) is 21.5 Å². The van der Waals surface area contributed by atoms with E-state index in [0.29, 0.717) is 57.3 Å². The van der Waals surface area contributed by atoms with Gasteiger partial charge in [-0.2, -0.15) is 5.26 Å². The van der Waals surface area contributed by atoms with Gasteiger partial charge in [0.25, 0.3) is 0 Å². The number of Topliss-reactive ketones (excluding diaryl/α,β-unsaturated/α-hetero) is 1. The Morgan fingerprint density at radius 3 is 2.86 bits per heavy atom. The number of hydrogen-bond donors (Lipinski definition) is 2. The van der Waals surface area contributed by atoms with Gasteiger partial charge in [0.1, 0.15) is 5.82 Å². The summed E-state index contributed by atoms with van der Waals surface area (Å²) in [5, 5.41) is 24.0. The highest BCUT2D eigenvalue weighted by molar-refractivity contribution is 8.01. The highest BCUT2D eigenvalue weighted by Crippen LogP contribution is 2.47. The Balaban J connectivity index is 1.33. The minimum atomic E-state index is -0.538. The Labute approximate surface area is 254 Å². The predicted molar refractivity (Wildman–Crippen MR) is 161 cm³/mol. The van der Waals surface area contributed by atoms with Crippen LogP contribution in [0.25, 0.3) is 0 Å². The van der Waals surface area contributed by atoms with Crippen molar-refractivity contribution >= 4 is 62.4 Å². The fourth-order valence-corrected chi connectivity index (χ4v) is 7.37. The number of ketones is 1. The van der Waals surface area contributed by atoms with Gasteiger partial charge in [0, 0.05) is 23.1 Å². The molecule has 11 nitrogen and oxygen atoms in total. The normalized spacial score (nSPS) is 16.7. The molecule has 0 spiro atoms. The molecular formula is C28H27N7O4S3. The Morgan fingerprint density at radius 2 is 2.10 bits per heavy atom. The number of benzene rings is 1. The van der Waals surface area contributed by atoms with Gasteiger partial charge in [0.15, 0.2) is 15.3 Å². The van der Waals surface area contributed by atoms with E-state index in [0.717, 1.165) is 16.8 Å². The molecule has 3 N–H and O–H groups in total. The van der Waals surface area contributed by atoms with Gasteiger partial charge >= 0.3 is 5.97 Å². The van der Waals surface area contributed by atoms with E-state index in [1.807, 2.05) is 31.2 Å². The van der Waals surface area contributed by atoms with Crippen molar-refractivity contribution in [1.29, 1.82) is 5.26 Å². The number of carbonyl (C=O) groups is 3. The van der Waals surface area contributed by atoms with E-state index in [1.165, 1.54) is 34.4 Å². The first-order chi connectivity index (χ1) is 20.3. The number of aromatic nitrogens is 3. The first-order valence-corrected chi connectivity index (χ1v) is 15.9. The average Bonchev–Trinajstić information content (AvgIpc) is 3.61. The average molecular weight is 622 g/mol. The fraction of sp³-hybridized carbons (Fsp3) is 0.321. The Bertz CT molecular complexity index is 1650. The van der Waals surface area contributed by atoms with Crippen molar-refractivity contribution in [1.82, 2.24) is 15.2 Å². The summed E-state index contributed by atoms with van der Waals surface area (Å²) in [6, 6.07) is 9.98. The topological polar surface area (TPSA) is 164 Å². The van der Waals surface area contributed by atoms with E-state index >= 15 is 0 Å². The van der Waals surface area contributed by atoms with Crippen LogP contribution >= 0.6 is 34.4 Å². The fourth-order valence-electron chi connectivity index (χ4n) is 4.97. The lowest BCUT2D eigenvalue weighted by Crippen LogP contribution is -2.38. The third-order valence-corrected chi connectivity index (χ3v) is 9.60. The summed E-state index contributed by atoms with van der Waals surface area (Å²) >= 11 is 3.65. The summed E-state index contributed by atoms with van der Waals surface area (Å²) in [5.41, 5.74) is 10.6. The van der Waals surface area contributed by atoms with Gasteiger partial charge < -0.3 is 15.8 Å².